The molecule has 0 unspecified atom stereocenters. The second kappa shape index (κ2) is 6.82. The van der Waals surface area contributed by atoms with Gasteiger partial charge in [0.2, 0.25) is 0 Å². The van der Waals surface area contributed by atoms with Crippen molar-refractivity contribution in [2.24, 2.45) is 5.10 Å². The quantitative estimate of drug-likeness (QED) is 0.386. The number of carbonyl (C=O) groups is 1. The Hall–Kier alpha value is -2.35. The molecule has 3 aromatic rings. The SMILES string of the molecule is O=C1Nc2ccc(Br)cc2[C@@]12Oc1ccc(Cl)cc1[C@@H]1CC(c3ccc(Br)cc3)=NN12. The largest absolute Gasteiger partial charge is 0.453 e. The van der Waals surface area contributed by atoms with Crippen LogP contribution in [0.5, 0.6) is 5.75 Å². The van der Waals surface area contributed by atoms with Crippen molar-refractivity contribution < 1.29 is 9.53 Å². The monoisotopic (exact) mass is 557 g/mol. The van der Waals surface area contributed by atoms with Crippen molar-refractivity contribution in [1.82, 2.24) is 5.01 Å². The second-order valence-corrected chi connectivity index (χ2v) is 9.96. The maximum absolute atomic E-state index is 13.4. The second-order valence-electron chi connectivity index (χ2n) is 7.69. The normalized spacial score (nSPS) is 23.1. The van der Waals surface area contributed by atoms with Gasteiger partial charge in [-0.2, -0.15) is 5.10 Å². The predicted molar refractivity (Wildman–Crippen MR) is 126 cm³/mol. The number of ether oxygens (including phenoxy) is 1. The lowest BCUT2D eigenvalue weighted by Crippen LogP contribution is -2.55. The molecule has 8 heteroatoms. The number of halogens is 3. The highest BCUT2D eigenvalue weighted by molar-refractivity contribution is 9.10. The number of hydrazone groups is 1. The molecule has 0 saturated heterocycles. The summed E-state index contributed by atoms with van der Waals surface area (Å²) in [6.07, 6.45) is 0.636. The van der Waals surface area contributed by atoms with Crippen LogP contribution in [0.2, 0.25) is 5.02 Å². The highest BCUT2D eigenvalue weighted by atomic mass is 79.9. The highest BCUT2D eigenvalue weighted by Gasteiger charge is 2.61. The molecule has 0 aromatic heterocycles. The first-order chi connectivity index (χ1) is 15.0. The average molecular weight is 560 g/mol. The molecule has 3 aliphatic rings. The van der Waals surface area contributed by atoms with Gasteiger partial charge in [-0.25, -0.2) is 5.01 Å². The van der Waals surface area contributed by atoms with Gasteiger partial charge in [0.1, 0.15) is 5.75 Å². The lowest BCUT2D eigenvalue weighted by molar-refractivity contribution is -0.161. The number of benzene rings is 3. The molecule has 1 spiro atoms. The molecule has 3 heterocycles. The Morgan fingerprint density at radius 3 is 2.65 bits per heavy atom. The summed E-state index contributed by atoms with van der Waals surface area (Å²) in [5.41, 5.74) is 2.88. The van der Waals surface area contributed by atoms with Crippen LogP contribution in [0, 0.1) is 0 Å². The van der Waals surface area contributed by atoms with E-state index in [9.17, 15) is 4.79 Å². The standard InChI is InChI=1S/C23H14Br2ClN3O2/c24-13-3-1-12(2-4-13)19-11-20-16-10-15(26)6-8-21(16)31-23(29(20)28-19)17-9-14(25)5-7-18(17)27-22(23)30/h1-10,20H,11H2,(H,27,30)/t20-,23+/m0/s1. The number of nitrogens with zero attached hydrogens (tertiary/aromatic N) is 2. The Labute approximate surface area is 200 Å². The average Bonchev–Trinajstić information content (AvgIpc) is 3.31. The van der Waals surface area contributed by atoms with Crippen molar-refractivity contribution in [3.8, 4) is 5.75 Å². The lowest BCUT2D eigenvalue weighted by Gasteiger charge is -2.44. The minimum absolute atomic E-state index is 0.184. The molecule has 1 N–H and O–H groups in total. The molecule has 3 aromatic carbocycles. The van der Waals surface area contributed by atoms with Gasteiger partial charge in [0.15, 0.2) is 0 Å². The fourth-order valence-electron chi connectivity index (χ4n) is 4.50. The van der Waals surface area contributed by atoms with E-state index >= 15 is 0 Å². The van der Waals surface area contributed by atoms with Crippen molar-refractivity contribution in [2.75, 3.05) is 5.32 Å². The Bertz CT molecular complexity index is 1290. The number of amides is 1. The van der Waals surface area contributed by atoms with Crippen molar-refractivity contribution in [2.45, 2.75) is 18.2 Å². The third-order valence-corrected chi connectivity index (χ3v) is 7.16. The smallest absolute Gasteiger partial charge is 0.306 e. The first-order valence-electron chi connectivity index (χ1n) is 9.68. The molecular formula is C23H14Br2ClN3O2. The predicted octanol–water partition coefficient (Wildman–Crippen LogP) is 6.21. The van der Waals surface area contributed by atoms with E-state index in [0.29, 0.717) is 17.2 Å². The lowest BCUT2D eigenvalue weighted by atomic mass is 9.92. The molecule has 5 nitrogen and oxygen atoms in total. The summed E-state index contributed by atoms with van der Waals surface area (Å²) in [5, 5.41) is 10.3. The van der Waals surface area contributed by atoms with Gasteiger partial charge in [-0.1, -0.05) is 55.6 Å². The van der Waals surface area contributed by atoms with E-state index in [-0.39, 0.29) is 11.9 Å². The van der Waals surface area contributed by atoms with E-state index in [4.69, 9.17) is 21.4 Å². The van der Waals surface area contributed by atoms with Gasteiger partial charge in [0.05, 0.1) is 23.0 Å². The highest BCUT2D eigenvalue weighted by Crippen LogP contribution is 2.54. The molecule has 0 aliphatic carbocycles. The first-order valence-corrected chi connectivity index (χ1v) is 11.6. The molecule has 2 atom stereocenters. The molecule has 31 heavy (non-hydrogen) atoms. The summed E-state index contributed by atoms with van der Waals surface area (Å²) < 4.78 is 8.33. The van der Waals surface area contributed by atoms with E-state index in [1.54, 1.807) is 11.1 Å². The minimum atomic E-state index is -1.39. The Kier molecular flexibility index (Phi) is 4.26. The summed E-state index contributed by atoms with van der Waals surface area (Å²) in [4.78, 5) is 13.4. The van der Waals surface area contributed by atoms with Crippen molar-refractivity contribution >= 4 is 60.8 Å². The summed E-state index contributed by atoms with van der Waals surface area (Å²) in [6.45, 7) is 0. The van der Waals surface area contributed by atoms with Gasteiger partial charge in [-0.15, -0.1) is 0 Å². The molecular weight excluding hydrogens is 546 g/mol. The van der Waals surface area contributed by atoms with Gasteiger partial charge in [-0.05, 0) is 54.1 Å². The van der Waals surface area contributed by atoms with Crippen molar-refractivity contribution in [1.29, 1.82) is 0 Å². The first kappa shape index (κ1) is 19.3. The summed E-state index contributed by atoms with van der Waals surface area (Å²) in [6, 6.07) is 19.0. The fourth-order valence-corrected chi connectivity index (χ4v) is 5.31. The van der Waals surface area contributed by atoms with Crippen LogP contribution in [-0.2, 0) is 10.5 Å². The van der Waals surface area contributed by atoms with Crippen molar-refractivity contribution in [3.63, 3.8) is 0 Å². The molecule has 0 fully saturated rings. The molecule has 0 radical (unpaired) electrons. The van der Waals surface area contributed by atoms with Crippen LogP contribution < -0.4 is 10.1 Å². The van der Waals surface area contributed by atoms with Crippen LogP contribution in [-0.4, -0.2) is 16.6 Å². The van der Waals surface area contributed by atoms with Crippen LogP contribution in [0.4, 0.5) is 5.69 Å². The number of carbonyl (C=O) groups excluding carboxylic acids is 1. The van der Waals surface area contributed by atoms with E-state index in [0.717, 1.165) is 37.0 Å². The van der Waals surface area contributed by atoms with E-state index in [1.807, 2.05) is 54.6 Å². The summed E-state index contributed by atoms with van der Waals surface area (Å²) in [7, 11) is 0. The zero-order valence-corrected chi connectivity index (χ0v) is 19.8. The van der Waals surface area contributed by atoms with Crippen LogP contribution >= 0.6 is 43.5 Å². The number of rotatable bonds is 1. The third-order valence-electron chi connectivity index (χ3n) is 5.90. The Morgan fingerprint density at radius 1 is 1.06 bits per heavy atom. The molecule has 3 aliphatic heterocycles. The maximum atomic E-state index is 13.4. The molecule has 154 valence electrons. The molecule has 6 rings (SSSR count). The topological polar surface area (TPSA) is 53.9 Å². The zero-order valence-electron chi connectivity index (χ0n) is 15.9. The number of fused-ring (bicyclic) bond motifs is 6. The van der Waals surface area contributed by atoms with Gasteiger partial charge >= 0.3 is 5.72 Å². The van der Waals surface area contributed by atoms with E-state index in [1.165, 1.54) is 0 Å². The summed E-state index contributed by atoms with van der Waals surface area (Å²) in [5.74, 6) is 0.382. The van der Waals surface area contributed by atoms with Gasteiger partial charge in [0, 0.05) is 26.0 Å². The fraction of sp³-hybridized carbons (Fsp3) is 0.130. The van der Waals surface area contributed by atoms with Crippen LogP contribution in [0.1, 0.15) is 29.2 Å². The van der Waals surface area contributed by atoms with Gasteiger partial charge < -0.3 is 10.1 Å². The number of anilines is 1. The number of nitrogens with one attached hydrogen (secondary N) is 1. The Balaban J connectivity index is 1.58. The molecule has 0 bridgehead atoms. The van der Waals surface area contributed by atoms with Gasteiger partial charge in [0.25, 0.3) is 5.91 Å². The van der Waals surface area contributed by atoms with E-state index < -0.39 is 5.72 Å². The molecule has 1 amide bonds. The summed E-state index contributed by atoms with van der Waals surface area (Å²) >= 11 is 13.3. The van der Waals surface area contributed by atoms with Crippen molar-refractivity contribution in [3.05, 3.63) is 91.3 Å². The van der Waals surface area contributed by atoms with Crippen LogP contribution in [0.15, 0.2) is 74.7 Å². The number of hydrogen-bond acceptors (Lipinski definition) is 4. The molecule has 0 saturated carbocycles. The third kappa shape index (κ3) is 2.80. The zero-order chi connectivity index (χ0) is 21.3. The van der Waals surface area contributed by atoms with Crippen LogP contribution in [0.3, 0.4) is 0 Å². The Morgan fingerprint density at radius 2 is 1.84 bits per heavy atom. The van der Waals surface area contributed by atoms with E-state index in [2.05, 4.69) is 37.2 Å². The van der Waals surface area contributed by atoms with Crippen LogP contribution in [0.25, 0.3) is 0 Å². The number of hydrogen-bond donors (Lipinski definition) is 1. The minimum Gasteiger partial charge on any atom is -0.453 e. The van der Waals surface area contributed by atoms with Gasteiger partial charge in [-0.3, -0.25) is 4.79 Å². The maximum Gasteiger partial charge on any atom is 0.306 e.